The molecule has 1 saturated carbocycles. The lowest BCUT2D eigenvalue weighted by Gasteiger charge is -2.24. The van der Waals surface area contributed by atoms with Gasteiger partial charge >= 0.3 is 12.1 Å². The van der Waals surface area contributed by atoms with Gasteiger partial charge in [-0.3, -0.25) is 4.79 Å². The molecule has 2 rings (SSSR count). The van der Waals surface area contributed by atoms with Crippen molar-refractivity contribution >= 4 is 11.9 Å². The Labute approximate surface area is 149 Å². The molecule has 0 atom stereocenters. The number of carbonyl (C=O) groups excluding carboxylic acids is 1. The van der Waals surface area contributed by atoms with E-state index in [1.807, 2.05) is 0 Å². The Morgan fingerprint density at radius 1 is 1.23 bits per heavy atom. The standard InChI is InChI=1S/C18H22F3NO4/c1-11-7-14(8-12(2)16(11)26-10-15(23)24)17(25)22(9-13-3-4-13)6-5-18(19,20)21/h7-8,13H,3-6,9-10H2,1-2H3,(H,23,24). The van der Waals surface area contributed by atoms with Crippen molar-refractivity contribution in [2.75, 3.05) is 19.7 Å². The maximum Gasteiger partial charge on any atom is 0.390 e. The highest BCUT2D eigenvalue weighted by molar-refractivity contribution is 5.95. The molecule has 144 valence electrons. The van der Waals surface area contributed by atoms with Gasteiger partial charge in [-0.15, -0.1) is 0 Å². The molecule has 1 aromatic carbocycles. The average Bonchev–Trinajstić information content (AvgIpc) is 3.32. The number of nitrogens with zero attached hydrogens (tertiary/aromatic N) is 1. The molecule has 0 aromatic heterocycles. The minimum atomic E-state index is -4.32. The Balaban J connectivity index is 2.17. The number of amides is 1. The minimum Gasteiger partial charge on any atom is -0.481 e. The molecule has 1 fully saturated rings. The lowest BCUT2D eigenvalue weighted by Crippen LogP contribution is -2.36. The number of aryl methyl sites for hydroxylation is 2. The zero-order chi connectivity index (χ0) is 19.5. The largest absolute Gasteiger partial charge is 0.481 e. The van der Waals surface area contributed by atoms with Crippen LogP contribution in [0.2, 0.25) is 0 Å². The maximum atomic E-state index is 12.7. The molecule has 1 aliphatic rings. The van der Waals surface area contributed by atoms with Crippen LogP contribution >= 0.6 is 0 Å². The van der Waals surface area contributed by atoms with Crippen LogP contribution < -0.4 is 4.74 Å². The predicted octanol–water partition coefficient (Wildman–Crippen LogP) is 3.57. The first-order chi connectivity index (χ1) is 12.1. The van der Waals surface area contributed by atoms with Gasteiger partial charge in [0.05, 0.1) is 6.42 Å². The minimum absolute atomic E-state index is 0.271. The molecule has 1 N–H and O–H groups in total. The third-order valence-electron chi connectivity index (χ3n) is 4.18. The number of carbonyl (C=O) groups is 2. The Morgan fingerprint density at radius 3 is 2.27 bits per heavy atom. The fourth-order valence-electron chi connectivity index (χ4n) is 2.77. The van der Waals surface area contributed by atoms with Crippen LogP contribution in [0.1, 0.15) is 40.7 Å². The van der Waals surface area contributed by atoms with Crippen LogP contribution in [0.25, 0.3) is 0 Å². The second-order valence-corrected chi connectivity index (χ2v) is 6.68. The number of aliphatic carboxylic acids is 1. The van der Waals surface area contributed by atoms with E-state index in [0.717, 1.165) is 12.8 Å². The highest BCUT2D eigenvalue weighted by atomic mass is 19.4. The third kappa shape index (κ3) is 5.93. The number of halogens is 3. The summed E-state index contributed by atoms with van der Waals surface area (Å²) in [5.74, 6) is -0.926. The number of carboxylic acids is 1. The highest BCUT2D eigenvalue weighted by Crippen LogP contribution is 2.32. The van der Waals surface area contributed by atoms with Gasteiger partial charge in [-0.2, -0.15) is 13.2 Å². The van der Waals surface area contributed by atoms with Gasteiger partial charge in [0.25, 0.3) is 5.91 Å². The van der Waals surface area contributed by atoms with Crippen molar-refractivity contribution in [1.82, 2.24) is 4.90 Å². The van der Waals surface area contributed by atoms with Crippen LogP contribution in [-0.2, 0) is 4.79 Å². The third-order valence-corrected chi connectivity index (χ3v) is 4.18. The van der Waals surface area contributed by atoms with Gasteiger partial charge in [-0.05, 0) is 55.9 Å². The summed E-state index contributed by atoms with van der Waals surface area (Å²) in [4.78, 5) is 24.6. The predicted molar refractivity (Wildman–Crippen MR) is 88.3 cm³/mol. The molecule has 0 unspecified atom stereocenters. The number of benzene rings is 1. The number of ether oxygens (including phenoxy) is 1. The summed E-state index contributed by atoms with van der Waals surface area (Å²) in [6, 6.07) is 3.06. The number of hydrogen-bond donors (Lipinski definition) is 1. The molecular weight excluding hydrogens is 351 g/mol. The lowest BCUT2D eigenvalue weighted by atomic mass is 10.0. The quantitative estimate of drug-likeness (QED) is 0.757. The van der Waals surface area contributed by atoms with Crippen molar-refractivity contribution in [3.63, 3.8) is 0 Å². The van der Waals surface area contributed by atoms with Crippen molar-refractivity contribution in [2.45, 2.75) is 39.3 Å². The van der Waals surface area contributed by atoms with E-state index < -0.39 is 31.1 Å². The molecular formula is C18H22F3NO4. The lowest BCUT2D eigenvalue weighted by molar-refractivity contribution is -0.139. The van der Waals surface area contributed by atoms with E-state index in [2.05, 4.69) is 0 Å². The summed E-state index contributed by atoms with van der Waals surface area (Å²) in [6.45, 7) is 2.79. The molecule has 8 heteroatoms. The van der Waals surface area contributed by atoms with E-state index >= 15 is 0 Å². The Hall–Kier alpha value is -2.25. The Morgan fingerprint density at radius 2 is 1.81 bits per heavy atom. The molecule has 0 heterocycles. The summed E-state index contributed by atoms with van der Waals surface area (Å²) < 4.78 is 42.9. The molecule has 0 spiro atoms. The van der Waals surface area contributed by atoms with Crippen molar-refractivity contribution in [1.29, 1.82) is 0 Å². The van der Waals surface area contributed by atoms with E-state index in [1.165, 1.54) is 17.0 Å². The number of carboxylic acid groups (broad SMARTS) is 1. The fourth-order valence-corrected chi connectivity index (χ4v) is 2.77. The highest BCUT2D eigenvalue weighted by Gasteiger charge is 2.32. The summed E-state index contributed by atoms with van der Waals surface area (Å²) in [5, 5.41) is 8.71. The Bertz CT molecular complexity index is 660. The van der Waals surface area contributed by atoms with Crippen LogP contribution in [0, 0.1) is 19.8 Å². The molecule has 0 aliphatic heterocycles. The van der Waals surface area contributed by atoms with Crippen molar-refractivity contribution in [3.05, 3.63) is 28.8 Å². The first-order valence-corrected chi connectivity index (χ1v) is 8.38. The Kier molecular flexibility index (Phi) is 6.15. The summed E-state index contributed by atoms with van der Waals surface area (Å²) in [6.07, 6.45) is -3.50. The van der Waals surface area contributed by atoms with Crippen LogP contribution in [-0.4, -0.2) is 47.8 Å². The van der Waals surface area contributed by atoms with Gasteiger partial charge in [0.15, 0.2) is 6.61 Å². The summed E-state index contributed by atoms with van der Waals surface area (Å²) in [7, 11) is 0. The molecule has 0 saturated heterocycles. The van der Waals surface area contributed by atoms with Gasteiger partial charge in [0, 0.05) is 18.7 Å². The van der Waals surface area contributed by atoms with Gasteiger partial charge < -0.3 is 14.7 Å². The van der Waals surface area contributed by atoms with E-state index in [4.69, 9.17) is 9.84 Å². The van der Waals surface area contributed by atoms with Gasteiger partial charge in [-0.1, -0.05) is 0 Å². The van der Waals surface area contributed by atoms with E-state index in [1.54, 1.807) is 13.8 Å². The van der Waals surface area contributed by atoms with Crippen LogP contribution in [0.3, 0.4) is 0 Å². The number of hydrogen-bond acceptors (Lipinski definition) is 3. The first kappa shape index (κ1) is 20.1. The van der Waals surface area contributed by atoms with Crippen LogP contribution in [0.5, 0.6) is 5.75 Å². The topological polar surface area (TPSA) is 66.8 Å². The average molecular weight is 373 g/mol. The molecule has 1 amide bonds. The van der Waals surface area contributed by atoms with Crippen LogP contribution in [0.4, 0.5) is 13.2 Å². The summed E-state index contributed by atoms with van der Waals surface area (Å²) in [5.41, 5.74) is 1.42. The molecule has 0 bridgehead atoms. The summed E-state index contributed by atoms with van der Waals surface area (Å²) >= 11 is 0. The second-order valence-electron chi connectivity index (χ2n) is 6.68. The van der Waals surface area contributed by atoms with Crippen molar-refractivity contribution < 1.29 is 32.6 Å². The zero-order valence-electron chi connectivity index (χ0n) is 14.7. The van der Waals surface area contributed by atoms with Gasteiger partial charge in [-0.25, -0.2) is 4.79 Å². The molecule has 1 aliphatic carbocycles. The van der Waals surface area contributed by atoms with E-state index in [-0.39, 0.29) is 18.0 Å². The first-order valence-electron chi connectivity index (χ1n) is 8.38. The van der Waals surface area contributed by atoms with Gasteiger partial charge in [0.2, 0.25) is 0 Å². The van der Waals surface area contributed by atoms with E-state index in [9.17, 15) is 22.8 Å². The zero-order valence-corrected chi connectivity index (χ0v) is 14.7. The number of alkyl halides is 3. The molecule has 26 heavy (non-hydrogen) atoms. The SMILES string of the molecule is Cc1cc(C(=O)N(CCC(F)(F)F)CC2CC2)cc(C)c1OCC(=O)O. The smallest absolute Gasteiger partial charge is 0.390 e. The molecule has 5 nitrogen and oxygen atoms in total. The fraction of sp³-hybridized carbons (Fsp3) is 0.556. The molecule has 0 radical (unpaired) electrons. The normalized spacial score (nSPS) is 14.2. The molecule has 1 aromatic rings. The van der Waals surface area contributed by atoms with Gasteiger partial charge in [0.1, 0.15) is 5.75 Å². The number of rotatable bonds is 8. The van der Waals surface area contributed by atoms with Crippen molar-refractivity contribution in [2.24, 2.45) is 5.92 Å². The van der Waals surface area contributed by atoms with Crippen LogP contribution in [0.15, 0.2) is 12.1 Å². The maximum absolute atomic E-state index is 12.7. The van der Waals surface area contributed by atoms with E-state index in [0.29, 0.717) is 23.4 Å². The second kappa shape index (κ2) is 7.97. The monoisotopic (exact) mass is 373 g/mol. The van der Waals surface area contributed by atoms with Crippen molar-refractivity contribution in [3.8, 4) is 5.75 Å².